The van der Waals surface area contributed by atoms with E-state index in [4.69, 9.17) is 0 Å². The van der Waals surface area contributed by atoms with Crippen molar-refractivity contribution in [3.8, 4) is 0 Å². The molecule has 2 heteroatoms. The van der Waals surface area contributed by atoms with Crippen LogP contribution in [0, 0.1) is 5.21 Å². The SMILES string of the molecule is C[C@@H](c1ccccc1)/[N+]([O-])=C/c1ccccc1. The summed E-state index contributed by atoms with van der Waals surface area (Å²) < 4.78 is 0.991. The molecule has 2 aromatic rings. The molecule has 86 valence electrons. The van der Waals surface area contributed by atoms with Crippen molar-refractivity contribution in [3.05, 3.63) is 77.0 Å². The van der Waals surface area contributed by atoms with E-state index in [1.807, 2.05) is 67.6 Å². The Hall–Kier alpha value is -2.09. The standard InChI is InChI=1S/C15H15NO/c1-13(15-10-6-3-7-11-15)16(17)12-14-8-4-2-5-9-14/h2-13H,1H3/b16-12-/t13-/m0/s1. The maximum absolute atomic E-state index is 12.0. The van der Waals surface area contributed by atoms with Gasteiger partial charge in [0.15, 0.2) is 12.3 Å². The number of hydrogen-bond donors (Lipinski definition) is 0. The molecule has 2 aromatic carbocycles. The molecule has 0 unspecified atom stereocenters. The molecule has 0 bridgehead atoms. The third kappa shape index (κ3) is 2.94. The summed E-state index contributed by atoms with van der Waals surface area (Å²) in [6, 6.07) is 19.2. The molecule has 0 aliphatic carbocycles. The second-order valence-corrected chi connectivity index (χ2v) is 3.99. The molecule has 0 aromatic heterocycles. The lowest BCUT2D eigenvalue weighted by Crippen LogP contribution is -2.11. The maximum Gasteiger partial charge on any atom is 0.185 e. The van der Waals surface area contributed by atoms with E-state index in [0.717, 1.165) is 15.9 Å². The Kier molecular flexibility index (Phi) is 3.55. The van der Waals surface area contributed by atoms with Gasteiger partial charge >= 0.3 is 0 Å². The summed E-state index contributed by atoms with van der Waals surface area (Å²) in [5, 5.41) is 12.0. The van der Waals surface area contributed by atoms with Crippen LogP contribution in [0.3, 0.4) is 0 Å². The Labute approximate surface area is 101 Å². The van der Waals surface area contributed by atoms with E-state index >= 15 is 0 Å². The molecule has 0 aliphatic rings. The van der Waals surface area contributed by atoms with E-state index in [1.165, 1.54) is 0 Å². The first kappa shape index (κ1) is 11.4. The van der Waals surface area contributed by atoms with Gasteiger partial charge in [0.2, 0.25) is 0 Å². The zero-order valence-corrected chi connectivity index (χ0v) is 9.78. The molecule has 0 saturated heterocycles. The van der Waals surface area contributed by atoms with Gasteiger partial charge in [-0.3, -0.25) is 0 Å². The molecule has 2 rings (SSSR count). The lowest BCUT2D eigenvalue weighted by Gasteiger charge is -2.12. The highest BCUT2D eigenvalue weighted by molar-refractivity contribution is 5.75. The molecular formula is C15H15NO. The second-order valence-electron chi connectivity index (χ2n) is 3.99. The zero-order chi connectivity index (χ0) is 12.1. The van der Waals surface area contributed by atoms with Gasteiger partial charge in [0, 0.05) is 18.1 Å². The lowest BCUT2D eigenvalue weighted by molar-refractivity contribution is -0.498. The minimum absolute atomic E-state index is 0.170. The highest BCUT2D eigenvalue weighted by Gasteiger charge is 2.11. The van der Waals surface area contributed by atoms with Gasteiger partial charge in [-0.1, -0.05) is 48.5 Å². The first-order valence-corrected chi connectivity index (χ1v) is 5.68. The number of benzene rings is 2. The molecule has 0 radical (unpaired) electrons. The molecule has 1 atom stereocenters. The fourth-order valence-corrected chi connectivity index (χ4v) is 1.68. The summed E-state index contributed by atoms with van der Waals surface area (Å²) in [7, 11) is 0. The Morgan fingerprint density at radius 1 is 0.941 bits per heavy atom. The van der Waals surface area contributed by atoms with Gasteiger partial charge in [0.1, 0.15) is 0 Å². The number of hydroxylamine groups is 1. The zero-order valence-electron chi connectivity index (χ0n) is 9.78. The topological polar surface area (TPSA) is 26.1 Å². The van der Waals surface area contributed by atoms with Crippen molar-refractivity contribution in [2.45, 2.75) is 13.0 Å². The quantitative estimate of drug-likeness (QED) is 0.340. The van der Waals surface area contributed by atoms with Crippen LogP contribution in [-0.4, -0.2) is 11.0 Å². The van der Waals surface area contributed by atoms with E-state index in [-0.39, 0.29) is 6.04 Å². The van der Waals surface area contributed by atoms with Crippen LogP contribution in [0.15, 0.2) is 60.7 Å². The van der Waals surface area contributed by atoms with Crippen molar-refractivity contribution in [2.75, 3.05) is 0 Å². The molecule has 0 N–H and O–H groups in total. The Balaban J connectivity index is 2.21. The van der Waals surface area contributed by atoms with Gasteiger partial charge < -0.3 is 5.21 Å². The van der Waals surface area contributed by atoms with Crippen molar-refractivity contribution in [1.29, 1.82) is 0 Å². The van der Waals surface area contributed by atoms with Crippen LogP contribution < -0.4 is 0 Å². The number of hydrogen-bond acceptors (Lipinski definition) is 1. The summed E-state index contributed by atoms with van der Waals surface area (Å²) in [5.41, 5.74) is 1.94. The van der Waals surface area contributed by atoms with Crippen LogP contribution in [0.4, 0.5) is 0 Å². The van der Waals surface area contributed by atoms with Crippen LogP contribution in [0.1, 0.15) is 24.1 Å². The maximum atomic E-state index is 12.0. The third-order valence-electron chi connectivity index (χ3n) is 2.74. The van der Waals surface area contributed by atoms with E-state index in [9.17, 15) is 5.21 Å². The van der Waals surface area contributed by atoms with Crippen LogP contribution in [0.25, 0.3) is 0 Å². The van der Waals surface area contributed by atoms with Gasteiger partial charge in [-0.25, -0.2) is 4.74 Å². The summed E-state index contributed by atoms with van der Waals surface area (Å²) in [4.78, 5) is 0. The fourth-order valence-electron chi connectivity index (χ4n) is 1.68. The summed E-state index contributed by atoms with van der Waals surface area (Å²) in [5.74, 6) is 0. The molecule has 2 nitrogen and oxygen atoms in total. The monoisotopic (exact) mass is 225 g/mol. The van der Waals surface area contributed by atoms with Crippen molar-refractivity contribution in [2.24, 2.45) is 0 Å². The molecule has 0 heterocycles. The third-order valence-corrected chi connectivity index (χ3v) is 2.74. The predicted molar refractivity (Wildman–Crippen MR) is 70.1 cm³/mol. The number of rotatable bonds is 3. The average molecular weight is 225 g/mol. The van der Waals surface area contributed by atoms with Crippen molar-refractivity contribution in [3.63, 3.8) is 0 Å². The van der Waals surface area contributed by atoms with Gasteiger partial charge in [0.05, 0.1) is 0 Å². The van der Waals surface area contributed by atoms with E-state index < -0.39 is 0 Å². The molecule has 17 heavy (non-hydrogen) atoms. The van der Waals surface area contributed by atoms with Gasteiger partial charge in [-0.2, -0.15) is 0 Å². The average Bonchev–Trinajstić information content (AvgIpc) is 2.40. The fraction of sp³-hybridized carbons (Fsp3) is 0.133. The first-order chi connectivity index (χ1) is 8.27. The van der Waals surface area contributed by atoms with Gasteiger partial charge in [-0.15, -0.1) is 0 Å². The first-order valence-electron chi connectivity index (χ1n) is 5.68. The highest BCUT2D eigenvalue weighted by atomic mass is 16.5. The van der Waals surface area contributed by atoms with Crippen LogP contribution in [0.5, 0.6) is 0 Å². The summed E-state index contributed by atoms with van der Waals surface area (Å²) in [6.45, 7) is 1.90. The van der Waals surface area contributed by atoms with E-state index in [0.29, 0.717) is 0 Å². The minimum atomic E-state index is -0.170. The van der Waals surface area contributed by atoms with Crippen molar-refractivity contribution in [1.82, 2.24) is 0 Å². The van der Waals surface area contributed by atoms with E-state index in [2.05, 4.69) is 0 Å². The van der Waals surface area contributed by atoms with Crippen molar-refractivity contribution >= 4 is 6.21 Å². The van der Waals surface area contributed by atoms with E-state index in [1.54, 1.807) is 6.21 Å². The molecular weight excluding hydrogens is 210 g/mol. The van der Waals surface area contributed by atoms with Crippen LogP contribution >= 0.6 is 0 Å². The van der Waals surface area contributed by atoms with Gasteiger partial charge in [-0.05, 0) is 12.1 Å². The van der Waals surface area contributed by atoms with Crippen LogP contribution in [-0.2, 0) is 0 Å². The van der Waals surface area contributed by atoms with Gasteiger partial charge in [0.25, 0.3) is 0 Å². The smallest absolute Gasteiger partial charge is 0.185 e. The lowest BCUT2D eigenvalue weighted by atomic mass is 10.1. The molecule has 0 fully saturated rings. The minimum Gasteiger partial charge on any atom is -0.623 e. The predicted octanol–water partition coefficient (Wildman–Crippen LogP) is 3.38. The van der Waals surface area contributed by atoms with Crippen LogP contribution in [0.2, 0.25) is 0 Å². The summed E-state index contributed by atoms with van der Waals surface area (Å²) >= 11 is 0. The molecule has 0 aliphatic heterocycles. The normalized spacial score (nSPS) is 13.4. The second kappa shape index (κ2) is 5.30. The van der Waals surface area contributed by atoms with Crippen molar-refractivity contribution < 1.29 is 4.74 Å². The molecule has 0 spiro atoms. The molecule has 0 saturated carbocycles. The molecule has 0 amide bonds. The highest BCUT2D eigenvalue weighted by Crippen LogP contribution is 2.14. The Bertz CT molecular complexity index is 491. The number of nitrogens with zero attached hydrogens (tertiary/aromatic N) is 1. The Morgan fingerprint density at radius 3 is 2.06 bits per heavy atom. The Morgan fingerprint density at radius 2 is 1.47 bits per heavy atom. The summed E-state index contributed by atoms with van der Waals surface area (Å²) in [6.07, 6.45) is 1.62. The largest absolute Gasteiger partial charge is 0.623 e.